The molecule has 0 spiro atoms. The molecule has 2 N–H and O–H groups in total. The number of carbonyl (C=O) groups is 1. The second-order valence-corrected chi connectivity index (χ2v) is 4.02. The van der Waals surface area contributed by atoms with E-state index in [4.69, 9.17) is 5.11 Å². The number of alkyl halides is 3. The van der Waals surface area contributed by atoms with Crippen molar-refractivity contribution in [2.45, 2.75) is 19.5 Å². The van der Waals surface area contributed by atoms with Gasteiger partial charge in [-0.1, -0.05) is 6.92 Å². The molecule has 0 fully saturated rings. The van der Waals surface area contributed by atoms with Crippen LogP contribution in [0.5, 0.6) is 0 Å². The summed E-state index contributed by atoms with van der Waals surface area (Å²) in [5.41, 5.74) is -1.23. The highest BCUT2D eigenvalue weighted by Crippen LogP contribution is 2.31. The average Bonchev–Trinajstić information content (AvgIpc) is 2.29. The maximum atomic E-state index is 13.4. The highest BCUT2D eigenvalue weighted by Gasteiger charge is 2.31. The van der Waals surface area contributed by atoms with Crippen molar-refractivity contribution < 1.29 is 27.5 Å². The summed E-state index contributed by atoms with van der Waals surface area (Å²) in [6.45, 7) is 1.61. The SMILES string of the molecule is CCC(CNc1ccc(C(F)(F)F)cc1F)C(=O)O. The van der Waals surface area contributed by atoms with Crippen LogP contribution in [0.1, 0.15) is 18.9 Å². The minimum absolute atomic E-state index is 0.0475. The van der Waals surface area contributed by atoms with Crippen molar-refractivity contribution in [2.75, 3.05) is 11.9 Å². The highest BCUT2D eigenvalue weighted by atomic mass is 19.4. The normalized spacial score (nSPS) is 13.1. The Balaban J connectivity index is 2.78. The van der Waals surface area contributed by atoms with Crippen LogP contribution >= 0.6 is 0 Å². The second-order valence-electron chi connectivity index (χ2n) is 4.02. The van der Waals surface area contributed by atoms with Crippen LogP contribution in [-0.2, 0) is 11.0 Å². The van der Waals surface area contributed by atoms with Crippen molar-refractivity contribution in [3.8, 4) is 0 Å². The van der Waals surface area contributed by atoms with E-state index in [0.717, 1.165) is 12.1 Å². The van der Waals surface area contributed by atoms with Crippen LogP contribution in [0.15, 0.2) is 18.2 Å². The molecule has 7 heteroatoms. The molecule has 19 heavy (non-hydrogen) atoms. The summed E-state index contributed by atoms with van der Waals surface area (Å²) in [6, 6.07) is 2.07. The van der Waals surface area contributed by atoms with E-state index in [0.29, 0.717) is 12.5 Å². The molecule has 0 amide bonds. The molecule has 0 heterocycles. The number of anilines is 1. The molecule has 0 aliphatic heterocycles. The van der Waals surface area contributed by atoms with Crippen LogP contribution in [0, 0.1) is 11.7 Å². The number of benzene rings is 1. The topological polar surface area (TPSA) is 49.3 Å². The first-order valence-corrected chi connectivity index (χ1v) is 5.59. The number of carboxylic acid groups (broad SMARTS) is 1. The van der Waals surface area contributed by atoms with Gasteiger partial charge in [0.05, 0.1) is 17.2 Å². The lowest BCUT2D eigenvalue weighted by Gasteiger charge is -2.14. The van der Waals surface area contributed by atoms with E-state index in [1.54, 1.807) is 6.92 Å². The van der Waals surface area contributed by atoms with Crippen molar-refractivity contribution in [3.05, 3.63) is 29.6 Å². The Morgan fingerprint density at radius 2 is 2.05 bits per heavy atom. The molecule has 106 valence electrons. The quantitative estimate of drug-likeness (QED) is 0.812. The number of hydrogen-bond acceptors (Lipinski definition) is 2. The number of nitrogens with one attached hydrogen (secondary N) is 1. The minimum Gasteiger partial charge on any atom is -0.481 e. The van der Waals surface area contributed by atoms with Gasteiger partial charge in [0.25, 0.3) is 0 Å². The maximum absolute atomic E-state index is 13.4. The number of rotatable bonds is 5. The van der Waals surface area contributed by atoms with Gasteiger partial charge in [0, 0.05) is 6.54 Å². The van der Waals surface area contributed by atoms with Gasteiger partial charge in [-0.05, 0) is 24.6 Å². The van der Waals surface area contributed by atoms with Gasteiger partial charge in [-0.3, -0.25) is 4.79 Å². The fourth-order valence-corrected chi connectivity index (χ4v) is 1.47. The van der Waals surface area contributed by atoms with E-state index in [1.807, 2.05) is 0 Å². The van der Waals surface area contributed by atoms with Crippen LogP contribution in [-0.4, -0.2) is 17.6 Å². The summed E-state index contributed by atoms with van der Waals surface area (Å²) in [5.74, 6) is -2.82. The van der Waals surface area contributed by atoms with Gasteiger partial charge in [-0.15, -0.1) is 0 Å². The summed E-state index contributed by atoms with van der Waals surface area (Å²) in [7, 11) is 0. The zero-order valence-electron chi connectivity index (χ0n) is 10.1. The Hall–Kier alpha value is -1.79. The van der Waals surface area contributed by atoms with Crippen molar-refractivity contribution in [2.24, 2.45) is 5.92 Å². The molecule has 1 atom stereocenters. The van der Waals surface area contributed by atoms with E-state index in [-0.39, 0.29) is 12.2 Å². The zero-order chi connectivity index (χ0) is 14.6. The Labute approximate surface area is 107 Å². The maximum Gasteiger partial charge on any atom is 0.416 e. The van der Waals surface area contributed by atoms with Gasteiger partial charge in [0.1, 0.15) is 5.82 Å². The summed E-state index contributed by atoms with van der Waals surface area (Å²) in [5, 5.41) is 11.3. The molecule has 0 saturated carbocycles. The molecule has 0 aliphatic rings. The summed E-state index contributed by atoms with van der Waals surface area (Å²) in [4.78, 5) is 10.7. The third-order valence-electron chi connectivity index (χ3n) is 2.68. The Kier molecular flexibility index (Phi) is 4.74. The minimum atomic E-state index is -4.60. The van der Waals surface area contributed by atoms with E-state index in [2.05, 4.69) is 5.32 Å². The first-order chi connectivity index (χ1) is 8.75. The van der Waals surface area contributed by atoms with Crippen molar-refractivity contribution >= 4 is 11.7 Å². The lowest BCUT2D eigenvalue weighted by atomic mass is 10.1. The molecule has 0 radical (unpaired) electrons. The van der Waals surface area contributed by atoms with Crippen LogP contribution in [0.2, 0.25) is 0 Å². The van der Waals surface area contributed by atoms with E-state index in [9.17, 15) is 22.4 Å². The molecule has 0 aliphatic carbocycles. The molecule has 1 aromatic carbocycles. The van der Waals surface area contributed by atoms with Crippen molar-refractivity contribution in [3.63, 3.8) is 0 Å². The monoisotopic (exact) mass is 279 g/mol. The summed E-state index contributed by atoms with van der Waals surface area (Å²) >= 11 is 0. The zero-order valence-corrected chi connectivity index (χ0v) is 10.1. The fourth-order valence-electron chi connectivity index (χ4n) is 1.47. The third kappa shape index (κ3) is 4.11. The molecule has 0 aromatic heterocycles. The largest absolute Gasteiger partial charge is 0.481 e. The van der Waals surface area contributed by atoms with E-state index >= 15 is 0 Å². The number of hydrogen-bond donors (Lipinski definition) is 2. The molecule has 1 aromatic rings. The third-order valence-corrected chi connectivity index (χ3v) is 2.68. The van der Waals surface area contributed by atoms with Gasteiger partial charge in [-0.25, -0.2) is 4.39 Å². The Bertz CT molecular complexity index is 460. The van der Waals surface area contributed by atoms with Gasteiger partial charge in [0.15, 0.2) is 0 Å². The molecular weight excluding hydrogens is 266 g/mol. The van der Waals surface area contributed by atoms with Gasteiger partial charge in [-0.2, -0.15) is 13.2 Å². The average molecular weight is 279 g/mol. The predicted octanol–water partition coefficient (Wildman–Crippen LogP) is 3.37. The van der Waals surface area contributed by atoms with Crippen molar-refractivity contribution in [1.82, 2.24) is 0 Å². The van der Waals surface area contributed by atoms with Gasteiger partial charge < -0.3 is 10.4 Å². The standard InChI is InChI=1S/C12H13F4NO2/c1-2-7(11(18)19)6-17-10-4-3-8(5-9(10)13)12(14,15)16/h3-5,7,17H,2,6H2,1H3,(H,18,19). The molecule has 0 bridgehead atoms. The van der Waals surface area contributed by atoms with Gasteiger partial charge in [0.2, 0.25) is 0 Å². The smallest absolute Gasteiger partial charge is 0.416 e. The first kappa shape index (κ1) is 15.3. The van der Waals surface area contributed by atoms with Gasteiger partial charge >= 0.3 is 12.1 Å². The predicted molar refractivity (Wildman–Crippen MR) is 61.3 cm³/mol. The van der Waals surface area contributed by atoms with E-state index < -0.39 is 29.4 Å². The lowest BCUT2D eigenvalue weighted by molar-refractivity contribution is -0.141. The molecule has 1 unspecified atom stereocenters. The van der Waals surface area contributed by atoms with Crippen LogP contribution in [0.3, 0.4) is 0 Å². The lowest BCUT2D eigenvalue weighted by Crippen LogP contribution is -2.22. The highest BCUT2D eigenvalue weighted by molar-refractivity contribution is 5.70. The summed E-state index contributed by atoms with van der Waals surface area (Å²) in [6.07, 6.45) is -4.27. The molecule has 3 nitrogen and oxygen atoms in total. The number of carboxylic acids is 1. The molecule has 0 saturated heterocycles. The number of aliphatic carboxylic acids is 1. The van der Waals surface area contributed by atoms with E-state index in [1.165, 1.54) is 0 Å². The van der Waals surface area contributed by atoms with Crippen LogP contribution < -0.4 is 5.32 Å². The summed E-state index contributed by atoms with van der Waals surface area (Å²) < 4.78 is 50.4. The molecular formula is C12H13F4NO2. The Morgan fingerprint density at radius 1 is 1.42 bits per heavy atom. The first-order valence-electron chi connectivity index (χ1n) is 5.59. The number of halogens is 4. The van der Waals surface area contributed by atoms with Crippen molar-refractivity contribution in [1.29, 1.82) is 0 Å². The van der Waals surface area contributed by atoms with Crippen LogP contribution in [0.4, 0.5) is 23.2 Å². The van der Waals surface area contributed by atoms with Crippen LogP contribution in [0.25, 0.3) is 0 Å². The second kappa shape index (κ2) is 5.90. The molecule has 1 rings (SSSR count). The Morgan fingerprint density at radius 3 is 2.47 bits per heavy atom. The fraction of sp³-hybridized carbons (Fsp3) is 0.417.